The molecule has 3 amide bonds. The van der Waals surface area contributed by atoms with Crippen LogP contribution in [-0.2, 0) is 19.1 Å². The van der Waals surface area contributed by atoms with Crippen molar-refractivity contribution in [3.8, 4) is 0 Å². The highest BCUT2D eigenvalue weighted by molar-refractivity contribution is 5.90. The first-order valence-corrected chi connectivity index (χ1v) is 6.27. The molecule has 0 spiro atoms. The summed E-state index contributed by atoms with van der Waals surface area (Å²) in [6.07, 6.45) is -0.0228. The molecule has 0 bridgehead atoms. The van der Waals surface area contributed by atoms with Crippen molar-refractivity contribution in [3.63, 3.8) is 0 Å². The zero-order chi connectivity index (χ0) is 15.9. The van der Waals surface area contributed by atoms with Crippen molar-refractivity contribution in [1.82, 2.24) is 10.6 Å². The molecule has 0 aromatic heterocycles. The van der Waals surface area contributed by atoms with Gasteiger partial charge < -0.3 is 26.2 Å². The molecule has 8 nitrogen and oxygen atoms in total. The van der Waals surface area contributed by atoms with E-state index in [0.29, 0.717) is 0 Å². The van der Waals surface area contributed by atoms with Crippen LogP contribution in [0.1, 0.15) is 33.6 Å². The summed E-state index contributed by atoms with van der Waals surface area (Å²) in [6, 6.07) is -1.10. The van der Waals surface area contributed by atoms with E-state index in [1.807, 2.05) is 0 Å². The number of methoxy groups -OCH3 is 1. The van der Waals surface area contributed by atoms with Crippen LogP contribution >= 0.6 is 0 Å². The summed E-state index contributed by atoms with van der Waals surface area (Å²) in [6.45, 7) is 4.67. The molecule has 2 atom stereocenters. The molecule has 116 valence electrons. The smallest absolute Gasteiger partial charge is 0.280 e. The Kier molecular flexibility index (Phi) is 7.16. The van der Waals surface area contributed by atoms with Gasteiger partial charge in [0.15, 0.2) is 0 Å². The van der Waals surface area contributed by atoms with E-state index >= 15 is 0 Å². The fourth-order valence-corrected chi connectivity index (χ4v) is 1.33. The summed E-state index contributed by atoms with van der Waals surface area (Å²) in [5, 5.41) is 14.6. The maximum absolute atomic E-state index is 11.9. The molecule has 0 radical (unpaired) electrons. The Bertz CT molecular complexity index is 368. The van der Waals surface area contributed by atoms with E-state index in [1.54, 1.807) is 13.8 Å². The lowest BCUT2D eigenvalue weighted by molar-refractivity contribution is -0.190. The predicted octanol–water partition coefficient (Wildman–Crippen LogP) is -1.38. The van der Waals surface area contributed by atoms with Gasteiger partial charge in [0.2, 0.25) is 17.6 Å². The molecular formula is C12H23N3O5. The fraction of sp³-hybridized carbons (Fsp3) is 0.750. The van der Waals surface area contributed by atoms with Crippen LogP contribution in [-0.4, -0.2) is 47.8 Å². The highest BCUT2D eigenvalue weighted by Gasteiger charge is 2.33. The van der Waals surface area contributed by atoms with E-state index < -0.39 is 29.6 Å². The molecule has 0 rings (SSSR count). The molecule has 0 aliphatic carbocycles. The van der Waals surface area contributed by atoms with Gasteiger partial charge in [-0.05, 0) is 27.2 Å². The summed E-state index contributed by atoms with van der Waals surface area (Å²) in [5.41, 5.74) is 5.03. The van der Waals surface area contributed by atoms with Crippen LogP contribution < -0.4 is 16.4 Å². The quantitative estimate of drug-likeness (QED) is 0.409. The summed E-state index contributed by atoms with van der Waals surface area (Å²) in [5.74, 6) is -3.96. The Balaban J connectivity index is 4.80. The van der Waals surface area contributed by atoms with Gasteiger partial charge in [0.1, 0.15) is 6.04 Å². The van der Waals surface area contributed by atoms with E-state index in [9.17, 15) is 19.5 Å². The normalized spacial score (nSPS) is 15.3. The van der Waals surface area contributed by atoms with Gasteiger partial charge in [0.05, 0.1) is 0 Å². The summed E-state index contributed by atoms with van der Waals surface area (Å²) in [7, 11) is 1.16. The van der Waals surface area contributed by atoms with Gasteiger partial charge in [-0.3, -0.25) is 14.4 Å². The zero-order valence-corrected chi connectivity index (χ0v) is 12.2. The molecule has 5 N–H and O–H groups in total. The Hall–Kier alpha value is -1.67. The van der Waals surface area contributed by atoms with E-state index in [0.717, 1.165) is 14.0 Å². The van der Waals surface area contributed by atoms with Crippen molar-refractivity contribution in [3.05, 3.63) is 0 Å². The third-order valence-electron chi connectivity index (χ3n) is 2.55. The molecule has 20 heavy (non-hydrogen) atoms. The third kappa shape index (κ3) is 6.48. The third-order valence-corrected chi connectivity index (χ3v) is 2.55. The largest absolute Gasteiger partial charge is 0.370 e. The molecule has 0 heterocycles. The van der Waals surface area contributed by atoms with Crippen LogP contribution in [0.15, 0.2) is 0 Å². The number of carbonyl (C=O) groups excluding carboxylic acids is 3. The molecule has 0 saturated heterocycles. The Labute approximate surface area is 118 Å². The van der Waals surface area contributed by atoms with Gasteiger partial charge in [-0.1, -0.05) is 0 Å². The number of aliphatic hydroxyl groups is 1. The van der Waals surface area contributed by atoms with E-state index in [1.165, 1.54) is 0 Å². The minimum atomic E-state index is -2.05. The first-order chi connectivity index (χ1) is 9.10. The van der Waals surface area contributed by atoms with Crippen LogP contribution in [0.25, 0.3) is 0 Å². The number of ether oxygens (including phenoxy) is 1. The van der Waals surface area contributed by atoms with Gasteiger partial charge in [-0.15, -0.1) is 0 Å². The standard InChI is InChI=1S/C12H23N3O5/c1-7(2)14-10(17)8(5-6-9(13)16)15-11(18)12(3,19)20-4/h7-8,19H,5-6H2,1-4H3,(H2,13,16)(H,14,17)(H,15,18). The lowest BCUT2D eigenvalue weighted by Crippen LogP contribution is -2.55. The van der Waals surface area contributed by atoms with Crippen molar-refractivity contribution in [1.29, 1.82) is 0 Å². The molecule has 0 aromatic rings. The molecule has 2 unspecified atom stereocenters. The molecular weight excluding hydrogens is 266 g/mol. The predicted molar refractivity (Wildman–Crippen MR) is 71.3 cm³/mol. The second kappa shape index (κ2) is 7.81. The van der Waals surface area contributed by atoms with E-state index in [4.69, 9.17) is 5.73 Å². The summed E-state index contributed by atoms with van der Waals surface area (Å²) < 4.78 is 4.61. The van der Waals surface area contributed by atoms with Crippen LogP contribution in [0.3, 0.4) is 0 Å². The number of amides is 3. The fourth-order valence-electron chi connectivity index (χ4n) is 1.33. The van der Waals surface area contributed by atoms with Crippen LogP contribution in [0.4, 0.5) is 0 Å². The van der Waals surface area contributed by atoms with Crippen LogP contribution in [0.2, 0.25) is 0 Å². The average molecular weight is 289 g/mol. The van der Waals surface area contributed by atoms with Gasteiger partial charge in [0, 0.05) is 19.6 Å². The molecule has 8 heteroatoms. The summed E-state index contributed by atoms with van der Waals surface area (Å²) >= 11 is 0. The van der Waals surface area contributed by atoms with Crippen molar-refractivity contribution >= 4 is 17.7 Å². The number of primary amides is 1. The molecule has 0 aliphatic rings. The molecule has 0 fully saturated rings. The first-order valence-electron chi connectivity index (χ1n) is 6.27. The average Bonchev–Trinajstić information content (AvgIpc) is 2.32. The van der Waals surface area contributed by atoms with Crippen molar-refractivity contribution < 1.29 is 24.2 Å². The Morgan fingerprint density at radius 2 is 1.85 bits per heavy atom. The van der Waals surface area contributed by atoms with E-state index in [2.05, 4.69) is 15.4 Å². The number of rotatable bonds is 8. The van der Waals surface area contributed by atoms with E-state index in [-0.39, 0.29) is 18.9 Å². The number of hydrogen-bond acceptors (Lipinski definition) is 5. The lowest BCUT2D eigenvalue weighted by atomic mass is 10.1. The monoisotopic (exact) mass is 289 g/mol. The number of carbonyl (C=O) groups is 3. The maximum atomic E-state index is 11.9. The molecule has 0 aromatic carbocycles. The Morgan fingerprint density at radius 3 is 2.25 bits per heavy atom. The highest BCUT2D eigenvalue weighted by Crippen LogP contribution is 2.06. The number of nitrogens with one attached hydrogen (secondary N) is 2. The van der Waals surface area contributed by atoms with Crippen molar-refractivity contribution in [2.45, 2.75) is 51.5 Å². The van der Waals surface area contributed by atoms with Gasteiger partial charge >= 0.3 is 0 Å². The molecule has 0 saturated carbocycles. The Morgan fingerprint density at radius 1 is 1.30 bits per heavy atom. The minimum Gasteiger partial charge on any atom is -0.370 e. The second-order valence-electron chi connectivity index (χ2n) is 4.88. The van der Waals surface area contributed by atoms with Gasteiger partial charge in [0.25, 0.3) is 5.91 Å². The van der Waals surface area contributed by atoms with Gasteiger partial charge in [-0.2, -0.15) is 0 Å². The minimum absolute atomic E-state index is 0.0411. The zero-order valence-electron chi connectivity index (χ0n) is 12.2. The maximum Gasteiger partial charge on any atom is 0.280 e. The van der Waals surface area contributed by atoms with Crippen molar-refractivity contribution in [2.75, 3.05) is 7.11 Å². The number of hydrogen-bond donors (Lipinski definition) is 4. The van der Waals surface area contributed by atoms with Crippen LogP contribution in [0.5, 0.6) is 0 Å². The van der Waals surface area contributed by atoms with Crippen molar-refractivity contribution in [2.24, 2.45) is 5.73 Å². The lowest BCUT2D eigenvalue weighted by Gasteiger charge is -2.25. The number of nitrogens with two attached hydrogens (primary N) is 1. The van der Waals surface area contributed by atoms with Crippen LogP contribution in [0, 0.1) is 0 Å². The molecule has 0 aliphatic heterocycles. The highest BCUT2D eigenvalue weighted by atomic mass is 16.6. The topological polar surface area (TPSA) is 131 Å². The summed E-state index contributed by atoms with van der Waals surface area (Å²) in [4.78, 5) is 34.5. The first kappa shape index (κ1) is 18.3. The van der Waals surface area contributed by atoms with Gasteiger partial charge in [-0.25, -0.2) is 0 Å². The second-order valence-corrected chi connectivity index (χ2v) is 4.88. The SMILES string of the molecule is COC(C)(O)C(=O)NC(CCC(N)=O)C(=O)NC(C)C.